The molecule has 0 saturated carbocycles. The number of phosphoric ester groups is 2. The van der Waals surface area contributed by atoms with Gasteiger partial charge in [0.2, 0.25) is 0 Å². The van der Waals surface area contributed by atoms with E-state index < -0.39 is 97.5 Å². The van der Waals surface area contributed by atoms with E-state index >= 15 is 0 Å². The van der Waals surface area contributed by atoms with Gasteiger partial charge in [0, 0.05) is 25.7 Å². The SMILES string of the molecule is CCCCCC/C=C\C=C/CCCCCCCC(=O)O[C@H](COC(=O)CCCCCCCCC)COP(=O)(O)OC[C@H](O)COP(=O)(O)OC[C@@H](COC(=O)CCCCCCCCCCCCCCCC(C)C)OC(=O)CCCCCCCCCCCCCCCCCC(C)C. The number of phosphoric acid groups is 2. The molecule has 0 saturated heterocycles. The van der Waals surface area contributed by atoms with E-state index in [1.54, 1.807) is 0 Å². The molecule has 0 heterocycles. The number of ether oxygens (including phenoxy) is 4. The molecule has 0 fully saturated rings. The second-order valence-corrected chi connectivity index (χ2v) is 30.9. The Morgan fingerprint density at radius 2 is 0.562 bits per heavy atom. The number of aliphatic hydroxyl groups is 1. The lowest BCUT2D eigenvalue weighted by atomic mass is 10.0. The topological polar surface area (TPSA) is 237 Å². The van der Waals surface area contributed by atoms with Gasteiger partial charge in [0.25, 0.3) is 0 Å². The summed E-state index contributed by atoms with van der Waals surface area (Å²) in [7, 11) is -9.92. The summed E-state index contributed by atoms with van der Waals surface area (Å²) in [6.07, 6.45) is 59.2. The van der Waals surface area contributed by atoms with Crippen molar-refractivity contribution in [2.24, 2.45) is 11.8 Å². The van der Waals surface area contributed by atoms with E-state index in [4.69, 9.17) is 37.0 Å². The fourth-order valence-corrected chi connectivity index (χ4v) is 12.9. The van der Waals surface area contributed by atoms with Crippen LogP contribution in [0.4, 0.5) is 0 Å². The zero-order chi connectivity index (χ0) is 70.7. The maximum absolute atomic E-state index is 13.1. The summed E-state index contributed by atoms with van der Waals surface area (Å²) < 4.78 is 68.4. The Balaban J connectivity index is 5.23. The van der Waals surface area contributed by atoms with Gasteiger partial charge in [0.15, 0.2) is 12.2 Å². The van der Waals surface area contributed by atoms with Crippen LogP contribution in [0.3, 0.4) is 0 Å². The van der Waals surface area contributed by atoms with E-state index in [9.17, 15) is 43.2 Å². The van der Waals surface area contributed by atoms with Gasteiger partial charge in [-0.15, -0.1) is 0 Å². The average Bonchev–Trinajstić information content (AvgIpc) is 1.47. The van der Waals surface area contributed by atoms with Crippen LogP contribution in [0.1, 0.15) is 375 Å². The van der Waals surface area contributed by atoms with Crippen molar-refractivity contribution in [2.75, 3.05) is 39.6 Å². The second-order valence-electron chi connectivity index (χ2n) is 28.0. The van der Waals surface area contributed by atoms with Crippen LogP contribution in [0.25, 0.3) is 0 Å². The lowest BCUT2D eigenvalue weighted by Crippen LogP contribution is -2.30. The standard InChI is InChI=1S/C77H146O17P2/c1-7-9-11-13-15-16-17-18-20-26-32-37-43-49-55-61-76(81)93-72(65-87-74(79)59-53-47-39-14-12-10-8-2)67-91-95(83,84)89-63-71(78)64-90-96(85,86)92-68-73(66-88-75(80)60-54-48-42-36-31-28-23-25-30-35-41-46-52-58-70(5)6)94-77(82)62-56-50-44-38-33-27-22-19-21-24-29-34-40-45-51-57-69(3)4/h16-18,20,69-73,78H,7-15,19,21-68H2,1-6H3,(H,83,84)(H,85,86)/b17-16-,20-18-/t71-,72+,73+/m0/s1. The minimum absolute atomic E-state index is 0.0847. The largest absolute Gasteiger partial charge is 0.472 e. The predicted octanol–water partition coefficient (Wildman–Crippen LogP) is 22.3. The fourth-order valence-electron chi connectivity index (χ4n) is 11.3. The van der Waals surface area contributed by atoms with Gasteiger partial charge in [-0.05, 0) is 63.2 Å². The first-order valence-electron chi connectivity index (χ1n) is 39.3. The highest BCUT2D eigenvalue weighted by molar-refractivity contribution is 7.47. The molecule has 0 radical (unpaired) electrons. The van der Waals surface area contributed by atoms with Gasteiger partial charge < -0.3 is 33.8 Å². The molecule has 5 atom stereocenters. The van der Waals surface area contributed by atoms with Crippen LogP contribution in [0, 0.1) is 11.8 Å². The van der Waals surface area contributed by atoms with Crippen LogP contribution >= 0.6 is 15.6 Å². The highest BCUT2D eigenvalue weighted by Gasteiger charge is 2.30. The van der Waals surface area contributed by atoms with E-state index in [2.05, 4.69) is 65.8 Å². The molecule has 17 nitrogen and oxygen atoms in total. The van der Waals surface area contributed by atoms with Crippen molar-refractivity contribution in [3.63, 3.8) is 0 Å². The minimum Gasteiger partial charge on any atom is -0.462 e. The number of aliphatic hydroxyl groups excluding tert-OH is 1. The van der Waals surface area contributed by atoms with E-state index in [-0.39, 0.29) is 25.7 Å². The van der Waals surface area contributed by atoms with E-state index in [0.717, 1.165) is 127 Å². The Morgan fingerprint density at radius 3 is 0.854 bits per heavy atom. The highest BCUT2D eigenvalue weighted by atomic mass is 31.2. The summed E-state index contributed by atoms with van der Waals surface area (Å²) in [5.74, 6) is -0.558. The Morgan fingerprint density at radius 1 is 0.323 bits per heavy atom. The molecule has 0 amide bonds. The van der Waals surface area contributed by atoms with Crippen LogP contribution in [-0.2, 0) is 65.4 Å². The molecule has 19 heteroatoms. The third-order valence-corrected chi connectivity index (χ3v) is 19.2. The van der Waals surface area contributed by atoms with Crippen molar-refractivity contribution in [2.45, 2.75) is 394 Å². The normalized spacial score (nSPS) is 14.2. The monoisotopic (exact) mass is 1410 g/mol. The number of esters is 4. The summed E-state index contributed by atoms with van der Waals surface area (Å²) in [4.78, 5) is 72.7. The van der Waals surface area contributed by atoms with Gasteiger partial charge in [0.1, 0.15) is 19.3 Å². The molecule has 3 N–H and O–H groups in total. The van der Waals surface area contributed by atoms with E-state index in [1.807, 2.05) is 0 Å². The molecule has 96 heavy (non-hydrogen) atoms. The van der Waals surface area contributed by atoms with Gasteiger partial charge in [-0.2, -0.15) is 0 Å². The number of hydrogen-bond donors (Lipinski definition) is 3. The number of rotatable bonds is 74. The fraction of sp³-hybridized carbons (Fsp3) is 0.896. The first kappa shape index (κ1) is 93.5. The lowest BCUT2D eigenvalue weighted by molar-refractivity contribution is -0.161. The molecule has 566 valence electrons. The first-order valence-corrected chi connectivity index (χ1v) is 42.3. The summed E-state index contributed by atoms with van der Waals surface area (Å²) >= 11 is 0. The Labute approximate surface area is 586 Å². The average molecular weight is 1410 g/mol. The smallest absolute Gasteiger partial charge is 0.462 e. The molecule has 0 aliphatic carbocycles. The van der Waals surface area contributed by atoms with Gasteiger partial charge in [-0.1, -0.05) is 323 Å². The predicted molar refractivity (Wildman–Crippen MR) is 391 cm³/mol. The zero-order valence-corrected chi connectivity index (χ0v) is 63.9. The van der Waals surface area contributed by atoms with Gasteiger partial charge in [-0.25, -0.2) is 9.13 Å². The number of carbonyl (C=O) groups is 4. The number of carbonyl (C=O) groups excluding carboxylic acids is 4. The Hall–Kier alpha value is -2.46. The molecule has 0 spiro atoms. The summed E-state index contributed by atoms with van der Waals surface area (Å²) in [5.41, 5.74) is 0. The molecule has 0 aliphatic heterocycles. The molecular weight excluding hydrogens is 1260 g/mol. The lowest BCUT2D eigenvalue weighted by Gasteiger charge is -2.21. The molecule has 0 aromatic rings. The molecule has 0 aromatic carbocycles. The third-order valence-electron chi connectivity index (χ3n) is 17.3. The molecule has 0 aliphatic rings. The van der Waals surface area contributed by atoms with E-state index in [1.165, 1.54) is 167 Å². The second kappa shape index (κ2) is 68.3. The van der Waals surface area contributed by atoms with Crippen LogP contribution in [0.5, 0.6) is 0 Å². The van der Waals surface area contributed by atoms with Gasteiger partial charge >= 0.3 is 39.5 Å². The Kier molecular flexibility index (Phi) is 66.6. The number of hydrogen-bond acceptors (Lipinski definition) is 15. The summed E-state index contributed by atoms with van der Waals surface area (Å²) in [5, 5.41) is 10.6. The van der Waals surface area contributed by atoms with Crippen molar-refractivity contribution < 1.29 is 80.2 Å². The maximum Gasteiger partial charge on any atom is 0.472 e. The van der Waals surface area contributed by atoms with Crippen molar-refractivity contribution in [1.82, 2.24) is 0 Å². The Bertz CT molecular complexity index is 1950. The maximum atomic E-state index is 13.1. The minimum atomic E-state index is -4.96. The zero-order valence-electron chi connectivity index (χ0n) is 62.2. The van der Waals surface area contributed by atoms with Crippen LogP contribution in [-0.4, -0.2) is 96.7 Å². The number of unbranched alkanes of at least 4 members (excludes halogenated alkanes) is 41. The van der Waals surface area contributed by atoms with Crippen LogP contribution < -0.4 is 0 Å². The van der Waals surface area contributed by atoms with Crippen molar-refractivity contribution in [1.29, 1.82) is 0 Å². The van der Waals surface area contributed by atoms with Crippen molar-refractivity contribution >= 4 is 39.5 Å². The number of allylic oxidation sites excluding steroid dienone is 4. The molecule has 2 unspecified atom stereocenters. The molecular formula is C77H146O17P2. The molecule has 0 aromatic heterocycles. The quantitative estimate of drug-likeness (QED) is 0.0169. The van der Waals surface area contributed by atoms with Crippen LogP contribution in [0.15, 0.2) is 24.3 Å². The summed E-state index contributed by atoms with van der Waals surface area (Å²) in [6, 6.07) is 0. The van der Waals surface area contributed by atoms with Gasteiger partial charge in [0.05, 0.1) is 26.4 Å². The molecule has 0 bridgehead atoms. The van der Waals surface area contributed by atoms with Crippen molar-refractivity contribution in [3.05, 3.63) is 24.3 Å². The van der Waals surface area contributed by atoms with E-state index in [0.29, 0.717) is 25.7 Å². The highest BCUT2D eigenvalue weighted by Crippen LogP contribution is 2.45. The summed E-state index contributed by atoms with van der Waals surface area (Å²) in [6.45, 7) is 9.54. The first-order chi connectivity index (χ1) is 46.4. The molecule has 0 rings (SSSR count). The van der Waals surface area contributed by atoms with Crippen LogP contribution in [0.2, 0.25) is 0 Å². The van der Waals surface area contributed by atoms with Crippen molar-refractivity contribution in [3.8, 4) is 0 Å². The van der Waals surface area contributed by atoms with Gasteiger partial charge in [-0.3, -0.25) is 37.3 Å². The third kappa shape index (κ3) is 70.0.